The summed E-state index contributed by atoms with van der Waals surface area (Å²) in [5, 5.41) is 9.19. The summed E-state index contributed by atoms with van der Waals surface area (Å²) in [4.78, 5) is 29.2. The van der Waals surface area contributed by atoms with Crippen molar-refractivity contribution in [2.24, 2.45) is 4.99 Å². The predicted molar refractivity (Wildman–Crippen MR) is 80.9 cm³/mol. The normalized spacial score (nSPS) is 22.1. The maximum absolute atomic E-state index is 11.6. The quantitative estimate of drug-likeness (QED) is 0.469. The molecule has 0 radical (unpaired) electrons. The van der Waals surface area contributed by atoms with Crippen molar-refractivity contribution in [2.75, 3.05) is 26.7 Å². The summed E-state index contributed by atoms with van der Waals surface area (Å²) in [6.45, 7) is 3.58. The zero-order valence-electron chi connectivity index (χ0n) is 12.8. The lowest BCUT2D eigenvalue weighted by molar-refractivity contribution is -0.129. The topological polar surface area (TPSA) is 85.8 Å². The summed E-state index contributed by atoms with van der Waals surface area (Å²) in [6, 6.07) is 0.566. The Morgan fingerprint density at radius 2 is 1.95 bits per heavy atom. The smallest absolute Gasteiger partial charge is 0.239 e. The standard InChI is InChI=1S/C14H25N5O2/c1-3-13(21)19-7-6-11(9-19)18-14(15-2)16-8-12(20)17-10-4-5-10/h10-11H,3-9H2,1-2H3,(H,17,20)(H2,15,16,18). The van der Waals surface area contributed by atoms with Crippen LogP contribution in [0.2, 0.25) is 0 Å². The Bertz CT molecular complexity index is 420. The van der Waals surface area contributed by atoms with E-state index in [1.165, 1.54) is 0 Å². The third kappa shape index (κ3) is 4.91. The highest BCUT2D eigenvalue weighted by molar-refractivity contribution is 5.86. The van der Waals surface area contributed by atoms with Crippen molar-refractivity contribution < 1.29 is 9.59 Å². The molecule has 0 aromatic rings. The number of likely N-dealkylation sites (tertiary alicyclic amines) is 1. The van der Waals surface area contributed by atoms with E-state index < -0.39 is 0 Å². The maximum Gasteiger partial charge on any atom is 0.239 e. The van der Waals surface area contributed by atoms with Crippen LogP contribution in [0.15, 0.2) is 4.99 Å². The molecule has 1 saturated carbocycles. The SMILES string of the molecule is CCC(=O)N1CCC(NC(=NC)NCC(=O)NC2CC2)C1. The van der Waals surface area contributed by atoms with E-state index in [0.717, 1.165) is 25.8 Å². The molecule has 1 aliphatic carbocycles. The Morgan fingerprint density at radius 3 is 2.57 bits per heavy atom. The molecule has 2 amide bonds. The van der Waals surface area contributed by atoms with E-state index in [4.69, 9.17) is 0 Å². The number of carbonyl (C=O) groups excluding carboxylic acids is 2. The number of guanidine groups is 1. The van der Waals surface area contributed by atoms with Gasteiger partial charge in [0.1, 0.15) is 0 Å². The van der Waals surface area contributed by atoms with Gasteiger partial charge >= 0.3 is 0 Å². The zero-order valence-corrected chi connectivity index (χ0v) is 12.8. The van der Waals surface area contributed by atoms with Gasteiger partial charge in [-0.2, -0.15) is 0 Å². The lowest BCUT2D eigenvalue weighted by atomic mass is 10.3. The van der Waals surface area contributed by atoms with Gasteiger partial charge in [-0.15, -0.1) is 0 Å². The highest BCUT2D eigenvalue weighted by atomic mass is 16.2. The van der Waals surface area contributed by atoms with E-state index >= 15 is 0 Å². The van der Waals surface area contributed by atoms with Crippen molar-refractivity contribution in [1.29, 1.82) is 0 Å². The number of rotatable bonds is 5. The molecule has 0 aromatic carbocycles. The molecule has 2 fully saturated rings. The molecule has 1 atom stereocenters. The number of nitrogens with one attached hydrogen (secondary N) is 3. The highest BCUT2D eigenvalue weighted by Gasteiger charge is 2.26. The van der Waals surface area contributed by atoms with E-state index in [0.29, 0.717) is 25.0 Å². The van der Waals surface area contributed by atoms with Gasteiger partial charge in [-0.3, -0.25) is 14.6 Å². The van der Waals surface area contributed by atoms with Gasteiger partial charge in [-0.25, -0.2) is 0 Å². The molecule has 1 saturated heterocycles. The van der Waals surface area contributed by atoms with Gasteiger partial charge in [0.05, 0.1) is 6.54 Å². The largest absolute Gasteiger partial charge is 0.352 e. The Labute approximate surface area is 125 Å². The van der Waals surface area contributed by atoms with Crippen LogP contribution in [0.5, 0.6) is 0 Å². The first-order chi connectivity index (χ1) is 10.1. The van der Waals surface area contributed by atoms with Gasteiger partial charge < -0.3 is 20.9 Å². The van der Waals surface area contributed by atoms with Crippen molar-refractivity contribution in [1.82, 2.24) is 20.9 Å². The third-order valence-corrected chi connectivity index (χ3v) is 3.77. The molecule has 2 aliphatic rings. The van der Waals surface area contributed by atoms with Crippen LogP contribution in [-0.4, -0.2) is 61.4 Å². The summed E-state index contributed by atoms with van der Waals surface area (Å²) in [6.07, 6.45) is 3.62. The molecular formula is C14H25N5O2. The molecule has 1 aliphatic heterocycles. The van der Waals surface area contributed by atoms with E-state index in [1.54, 1.807) is 7.05 Å². The van der Waals surface area contributed by atoms with Crippen LogP contribution < -0.4 is 16.0 Å². The van der Waals surface area contributed by atoms with Crippen molar-refractivity contribution in [3.8, 4) is 0 Å². The van der Waals surface area contributed by atoms with E-state index in [2.05, 4.69) is 20.9 Å². The molecule has 7 nitrogen and oxygen atoms in total. The Kier molecular flexibility index (Phi) is 5.41. The van der Waals surface area contributed by atoms with E-state index in [1.807, 2.05) is 11.8 Å². The van der Waals surface area contributed by atoms with Gasteiger partial charge in [0.25, 0.3) is 0 Å². The second kappa shape index (κ2) is 7.28. The molecule has 0 aromatic heterocycles. The van der Waals surface area contributed by atoms with Crippen molar-refractivity contribution >= 4 is 17.8 Å². The van der Waals surface area contributed by atoms with Crippen LogP contribution in [0.4, 0.5) is 0 Å². The molecule has 3 N–H and O–H groups in total. The minimum Gasteiger partial charge on any atom is -0.352 e. The molecule has 21 heavy (non-hydrogen) atoms. The summed E-state index contributed by atoms with van der Waals surface area (Å²) in [5.41, 5.74) is 0. The number of hydrogen-bond acceptors (Lipinski definition) is 3. The summed E-state index contributed by atoms with van der Waals surface area (Å²) < 4.78 is 0. The Balaban J connectivity index is 1.70. The molecular weight excluding hydrogens is 270 g/mol. The fourth-order valence-corrected chi connectivity index (χ4v) is 2.39. The predicted octanol–water partition coefficient (Wildman–Crippen LogP) is -0.559. The lowest BCUT2D eigenvalue weighted by Crippen LogP contribution is -2.48. The maximum atomic E-state index is 11.6. The monoisotopic (exact) mass is 295 g/mol. The molecule has 0 spiro atoms. The van der Waals surface area contributed by atoms with Crippen LogP contribution in [0.3, 0.4) is 0 Å². The molecule has 2 rings (SSSR count). The fourth-order valence-electron chi connectivity index (χ4n) is 2.39. The first-order valence-electron chi connectivity index (χ1n) is 7.66. The van der Waals surface area contributed by atoms with Gasteiger partial charge in [-0.1, -0.05) is 6.92 Å². The van der Waals surface area contributed by atoms with E-state index in [9.17, 15) is 9.59 Å². The first kappa shape index (κ1) is 15.6. The van der Waals surface area contributed by atoms with E-state index in [-0.39, 0.29) is 24.4 Å². The van der Waals surface area contributed by atoms with Crippen LogP contribution in [0.25, 0.3) is 0 Å². The molecule has 0 bridgehead atoms. The molecule has 7 heteroatoms. The number of amides is 2. The van der Waals surface area contributed by atoms with Crippen molar-refractivity contribution in [2.45, 2.75) is 44.7 Å². The third-order valence-electron chi connectivity index (χ3n) is 3.77. The van der Waals surface area contributed by atoms with Gasteiger partial charge in [0.2, 0.25) is 11.8 Å². The van der Waals surface area contributed by atoms with Crippen molar-refractivity contribution in [3.05, 3.63) is 0 Å². The second-order valence-corrected chi connectivity index (χ2v) is 5.59. The van der Waals surface area contributed by atoms with Crippen molar-refractivity contribution in [3.63, 3.8) is 0 Å². The summed E-state index contributed by atoms with van der Waals surface area (Å²) >= 11 is 0. The van der Waals surface area contributed by atoms with Crippen LogP contribution >= 0.6 is 0 Å². The highest BCUT2D eigenvalue weighted by Crippen LogP contribution is 2.18. The lowest BCUT2D eigenvalue weighted by Gasteiger charge is -2.18. The second-order valence-electron chi connectivity index (χ2n) is 5.59. The van der Waals surface area contributed by atoms with Crippen LogP contribution in [-0.2, 0) is 9.59 Å². The minimum absolute atomic E-state index is 0.00495. The van der Waals surface area contributed by atoms with Crippen LogP contribution in [0, 0.1) is 0 Å². The van der Waals surface area contributed by atoms with Crippen LogP contribution in [0.1, 0.15) is 32.6 Å². The average molecular weight is 295 g/mol. The molecule has 118 valence electrons. The zero-order chi connectivity index (χ0) is 15.2. The summed E-state index contributed by atoms with van der Waals surface area (Å²) in [5.74, 6) is 0.789. The number of nitrogens with zero attached hydrogens (tertiary/aromatic N) is 2. The Morgan fingerprint density at radius 1 is 1.19 bits per heavy atom. The summed E-state index contributed by atoms with van der Waals surface area (Å²) in [7, 11) is 1.68. The number of aliphatic imine (C=N–C) groups is 1. The Hall–Kier alpha value is -1.79. The number of hydrogen-bond donors (Lipinski definition) is 3. The number of carbonyl (C=O) groups is 2. The fraction of sp³-hybridized carbons (Fsp3) is 0.786. The van der Waals surface area contributed by atoms with Gasteiger partial charge in [-0.05, 0) is 19.3 Å². The average Bonchev–Trinajstić information content (AvgIpc) is 3.17. The minimum atomic E-state index is -0.00495. The van der Waals surface area contributed by atoms with Gasteiger partial charge in [0.15, 0.2) is 5.96 Å². The first-order valence-corrected chi connectivity index (χ1v) is 7.66. The molecule has 1 heterocycles. The molecule has 1 unspecified atom stereocenters. The van der Waals surface area contributed by atoms with Gasteiger partial charge in [0, 0.05) is 38.6 Å².